The third-order valence-electron chi connectivity index (χ3n) is 3.62. The Bertz CT molecular complexity index is 697. The molecule has 0 aliphatic carbocycles. The number of anilines is 1. The zero-order chi connectivity index (χ0) is 16.3. The number of aryl methyl sites for hydroxylation is 3. The van der Waals surface area contributed by atoms with Crippen molar-refractivity contribution in [2.24, 2.45) is 0 Å². The van der Waals surface area contributed by atoms with E-state index in [1.165, 1.54) is 5.56 Å². The molecule has 0 saturated carbocycles. The first-order valence-electron chi connectivity index (χ1n) is 7.18. The van der Waals surface area contributed by atoms with Crippen LogP contribution in [0.4, 0.5) is 5.69 Å². The number of nitrogens with one attached hydrogen (secondary N) is 1. The molecule has 1 amide bonds. The van der Waals surface area contributed by atoms with Crippen LogP contribution in [0.5, 0.6) is 5.75 Å². The van der Waals surface area contributed by atoms with Crippen LogP contribution in [-0.4, -0.2) is 12.0 Å². The van der Waals surface area contributed by atoms with Gasteiger partial charge >= 0.3 is 0 Å². The maximum Gasteiger partial charge on any atom is 0.265 e. The third-order valence-corrected chi connectivity index (χ3v) is 3.85. The van der Waals surface area contributed by atoms with Gasteiger partial charge in [0.05, 0.1) is 0 Å². The van der Waals surface area contributed by atoms with Gasteiger partial charge in [0.2, 0.25) is 0 Å². The van der Waals surface area contributed by atoms with Crippen LogP contribution in [0, 0.1) is 20.8 Å². The van der Waals surface area contributed by atoms with Gasteiger partial charge in [0.15, 0.2) is 6.10 Å². The number of hydrogen-bond acceptors (Lipinski definition) is 2. The molecule has 0 bridgehead atoms. The number of amides is 1. The number of rotatable bonds is 4. The van der Waals surface area contributed by atoms with E-state index in [1.54, 1.807) is 19.1 Å². The lowest BCUT2D eigenvalue weighted by Gasteiger charge is -2.16. The summed E-state index contributed by atoms with van der Waals surface area (Å²) in [6.07, 6.45) is -0.597. The highest BCUT2D eigenvalue weighted by Crippen LogP contribution is 2.21. The summed E-state index contributed by atoms with van der Waals surface area (Å²) in [5.74, 6) is 0.483. The van der Waals surface area contributed by atoms with Crippen LogP contribution in [0.3, 0.4) is 0 Å². The maximum absolute atomic E-state index is 12.3. The Morgan fingerprint density at radius 1 is 1.05 bits per heavy atom. The van der Waals surface area contributed by atoms with Crippen molar-refractivity contribution in [3.05, 3.63) is 58.1 Å². The van der Waals surface area contributed by atoms with Crippen LogP contribution >= 0.6 is 11.6 Å². The van der Waals surface area contributed by atoms with Crippen molar-refractivity contribution < 1.29 is 9.53 Å². The Kier molecular flexibility index (Phi) is 5.09. The second kappa shape index (κ2) is 6.84. The van der Waals surface area contributed by atoms with Crippen LogP contribution in [0.15, 0.2) is 36.4 Å². The van der Waals surface area contributed by atoms with E-state index in [4.69, 9.17) is 16.3 Å². The molecule has 22 heavy (non-hydrogen) atoms. The molecule has 0 spiro atoms. The van der Waals surface area contributed by atoms with Gasteiger partial charge in [-0.2, -0.15) is 0 Å². The Hall–Kier alpha value is -2.00. The SMILES string of the molecule is Cc1ccc(O[C@H](C)C(=O)Nc2cc(Cl)ccc2C)cc1C. The Balaban J connectivity index is 2.05. The van der Waals surface area contributed by atoms with E-state index < -0.39 is 6.10 Å². The molecule has 0 saturated heterocycles. The predicted octanol–water partition coefficient (Wildman–Crippen LogP) is 4.67. The van der Waals surface area contributed by atoms with Crippen LogP contribution in [0.2, 0.25) is 5.02 Å². The summed E-state index contributed by atoms with van der Waals surface area (Å²) >= 11 is 5.96. The van der Waals surface area contributed by atoms with E-state index in [-0.39, 0.29) is 5.91 Å². The molecule has 2 rings (SSSR count). The molecule has 0 heterocycles. The zero-order valence-electron chi connectivity index (χ0n) is 13.2. The number of hydrogen-bond donors (Lipinski definition) is 1. The molecule has 116 valence electrons. The largest absolute Gasteiger partial charge is 0.481 e. The first-order valence-corrected chi connectivity index (χ1v) is 7.55. The van der Waals surface area contributed by atoms with E-state index in [0.29, 0.717) is 16.5 Å². The highest BCUT2D eigenvalue weighted by molar-refractivity contribution is 6.31. The molecule has 1 N–H and O–H groups in total. The van der Waals surface area contributed by atoms with Crippen LogP contribution in [-0.2, 0) is 4.79 Å². The van der Waals surface area contributed by atoms with Gasteiger partial charge in [0, 0.05) is 10.7 Å². The molecule has 2 aromatic carbocycles. The van der Waals surface area contributed by atoms with Crippen LogP contribution in [0.1, 0.15) is 23.6 Å². The van der Waals surface area contributed by atoms with Gasteiger partial charge in [-0.25, -0.2) is 0 Å². The van der Waals surface area contributed by atoms with E-state index >= 15 is 0 Å². The summed E-state index contributed by atoms with van der Waals surface area (Å²) in [5.41, 5.74) is 3.99. The Morgan fingerprint density at radius 2 is 1.73 bits per heavy atom. The van der Waals surface area contributed by atoms with E-state index in [0.717, 1.165) is 11.1 Å². The van der Waals surface area contributed by atoms with Crippen molar-refractivity contribution in [3.8, 4) is 5.75 Å². The van der Waals surface area contributed by atoms with E-state index in [2.05, 4.69) is 5.32 Å². The number of ether oxygens (including phenoxy) is 1. The minimum Gasteiger partial charge on any atom is -0.481 e. The fourth-order valence-corrected chi connectivity index (χ4v) is 2.18. The summed E-state index contributed by atoms with van der Waals surface area (Å²) in [4.78, 5) is 12.3. The van der Waals surface area contributed by atoms with Gasteiger partial charge in [-0.1, -0.05) is 23.7 Å². The fourth-order valence-electron chi connectivity index (χ4n) is 2.01. The number of halogens is 1. The first-order chi connectivity index (χ1) is 10.4. The molecule has 2 aromatic rings. The molecule has 0 unspecified atom stereocenters. The second-order valence-electron chi connectivity index (χ2n) is 5.45. The van der Waals surface area contributed by atoms with Crippen molar-refractivity contribution in [3.63, 3.8) is 0 Å². The van der Waals surface area contributed by atoms with E-state index in [9.17, 15) is 4.79 Å². The fraction of sp³-hybridized carbons (Fsp3) is 0.278. The third kappa shape index (κ3) is 4.01. The number of carbonyl (C=O) groups excluding carboxylic acids is 1. The Labute approximate surface area is 136 Å². The predicted molar refractivity (Wildman–Crippen MR) is 90.8 cm³/mol. The van der Waals surface area contributed by atoms with Gasteiger partial charge in [0.25, 0.3) is 5.91 Å². The molecular formula is C18H20ClNO2. The standard InChI is InChI=1S/C18H20ClNO2/c1-11-6-8-16(9-13(11)3)22-14(4)18(21)20-17-10-15(19)7-5-12(17)2/h5-10,14H,1-4H3,(H,20,21)/t14-/m1/s1. The molecule has 1 atom stereocenters. The summed E-state index contributed by atoms with van der Waals surface area (Å²) in [6.45, 7) is 7.70. The summed E-state index contributed by atoms with van der Waals surface area (Å²) in [6, 6.07) is 11.2. The lowest BCUT2D eigenvalue weighted by Crippen LogP contribution is -2.30. The van der Waals surface area contributed by atoms with Crippen molar-refractivity contribution >= 4 is 23.2 Å². The van der Waals surface area contributed by atoms with E-state index in [1.807, 2.05) is 45.0 Å². The molecule has 0 radical (unpaired) electrons. The van der Waals surface area contributed by atoms with Gasteiger partial charge in [-0.3, -0.25) is 4.79 Å². The monoisotopic (exact) mass is 317 g/mol. The molecule has 0 aliphatic heterocycles. The molecule has 0 fully saturated rings. The van der Waals surface area contributed by atoms with Crippen LogP contribution in [0.25, 0.3) is 0 Å². The minimum atomic E-state index is -0.597. The second-order valence-corrected chi connectivity index (χ2v) is 5.89. The summed E-state index contributed by atoms with van der Waals surface area (Å²) < 4.78 is 5.71. The average Bonchev–Trinajstić information content (AvgIpc) is 2.46. The number of carbonyl (C=O) groups is 1. The average molecular weight is 318 g/mol. The van der Waals surface area contributed by atoms with Crippen molar-refractivity contribution in [1.82, 2.24) is 0 Å². The first kappa shape index (κ1) is 16.4. The highest BCUT2D eigenvalue weighted by Gasteiger charge is 2.16. The lowest BCUT2D eigenvalue weighted by atomic mass is 10.1. The van der Waals surface area contributed by atoms with Gasteiger partial charge in [-0.05, 0) is 68.7 Å². The normalized spacial score (nSPS) is 11.9. The zero-order valence-corrected chi connectivity index (χ0v) is 14.0. The maximum atomic E-state index is 12.3. The van der Waals surface area contributed by atoms with Gasteiger partial charge in [-0.15, -0.1) is 0 Å². The van der Waals surface area contributed by atoms with Gasteiger partial charge in [0.1, 0.15) is 5.75 Å². The molecule has 4 heteroatoms. The molecule has 0 aromatic heterocycles. The van der Waals surface area contributed by atoms with Crippen LogP contribution < -0.4 is 10.1 Å². The minimum absolute atomic E-state index is 0.205. The summed E-state index contributed by atoms with van der Waals surface area (Å²) in [5, 5.41) is 3.44. The highest BCUT2D eigenvalue weighted by atomic mass is 35.5. The lowest BCUT2D eigenvalue weighted by molar-refractivity contribution is -0.122. The summed E-state index contributed by atoms with van der Waals surface area (Å²) in [7, 11) is 0. The van der Waals surface area contributed by atoms with Crippen molar-refractivity contribution in [2.75, 3.05) is 5.32 Å². The van der Waals surface area contributed by atoms with Crippen molar-refractivity contribution in [1.29, 1.82) is 0 Å². The quantitative estimate of drug-likeness (QED) is 0.889. The molecule has 3 nitrogen and oxygen atoms in total. The van der Waals surface area contributed by atoms with Gasteiger partial charge < -0.3 is 10.1 Å². The molecule has 0 aliphatic rings. The smallest absolute Gasteiger partial charge is 0.265 e. The Morgan fingerprint density at radius 3 is 2.41 bits per heavy atom. The number of benzene rings is 2. The van der Waals surface area contributed by atoms with Crippen molar-refractivity contribution in [2.45, 2.75) is 33.8 Å². The topological polar surface area (TPSA) is 38.3 Å². The molecular weight excluding hydrogens is 298 g/mol.